The van der Waals surface area contributed by atoms with E-state index in [0.29, 0.717) is 0 Å². The predicted molar refractivity (Wildman–Crippen MR) is 74.9 cm³/mol. The number of phosphoric acid groups is 6. The SMILES string of the molecule is O=P([O-])([O-])OC1C(OP(=O)([O-])[O-])C(OP(=O)([O-])[O-])C(OP(=O)([O-])[O-])C(OP(=O)([O-])[O-])C1OP(=O)([O-])[O-].[W].[W]. The second-order valence-electron chi connectivity index (χ2n) is 6.10. The van der Waals surface area contributed by atoms with Crippen molar-refractivity contribution >= 4 is 46.9 Å². The molecule has 1 aliphatic carbocycles. The molecule has 1 rings (SSSR count). The first-order valence-electron chi connectivity index (χ1n) is 7.80. The third-order valence-corrected chi connectivity index (χ3v) is 6.46. The maximum absolute atomic E-state index is 11.1. The predicted octanol–water partition coefficient (Wildman–Crippen LogP) is -10.7. The topological polar surface area (TPSA) is 435 Å². The standard InChI is InChI=1S/C6H18O24P6.2W/c7-31(8,9)25-1-2(26-32(10,11)12)4(28-34(16,17)18)6(30-36(22,23)24)5(29-35(19,20)21)3(1)27-33(13,14)15;;/h1-6H,(H2,7,8,9)(H2,10,11,12)(H2,13,14,15)(H2,16,17,18)(H2,19,20,21)(H2,22,23,24);;/p-12. The molecule has 0 aromatic rings. The van der Waals surface area contributed by atoms with Crippen LogP contribution in [0.2, 0.25) is 0 Å². The molecule has 24 nitrogen and oxygen atoms in total. The summed E-state index contributed by atoms with van der Waals surface area (Å²) in [6.07, 6.45) is -21.5. The Bertz CT molecular complexity index is 829. The van der Waals surface area contributed by atoms with E-state index in [-0.39, 0.29) is 42.1 Å². The fourth-order valence-electron chi connectivity index (χ4n) is 2.74. The fraction of sp³-hybridized carbons (Fsp3) is 1.00. The van der Waals surface area contributed by atoms with E-state index < -0.39 is 83.6 Å². The average molecular weight is 1020 g/mol. The zero-order valence-electron chi connectivity index (χ0n) is 16.8. The first kappa shape index (κ1) is 42.2. The Morgan fingerprint density at radius 1 is 0.289 bits per heavy atom. The van der Waals surface area contributed by atoms with Crippen LogP contribution in [-0.4, -0.2) is 36.6 Å². The van der Waals surface area contributed by atoms with Gasteiger partial charge in [-0.25, -0.2) is 0 Å². The van der Waals surface area contributed by atoms with E-state index in [0.717, 1.165) is 0 Å². The third kappa shape index (κ3) is 16.6. The van der Waals surface area contributed by atoms with Crippen molar-refractivity contribution in [1.29, 1.82) is 0 Å². The summed E-state index contributed by atoms with van der Waals surface area (Å²) < 4.78 is 88.3. The van der Waals surface area contributed by atoms with Gasteiger partial charge in [-0.05, 0) is 0 Å². The van der Waals surface area contributed by atoms with Gasteiger partial charge in [-0.15, -0.1) is 0 Å². The van der Waals surface area contributed by atoms with Crippen LogP contribution in [0.4, 0.5) is 0 Å². The van der Waals surface area contributed by atoms with Gasteiger partial charge in [-0.1, -0.05) is 0 Å². The molecule has 0 heterocycles. The molecule has 228 valence electrons. The minimum atomic E-state index is -6.68. The monoisotopic (exact) mass is 1020 g/mol. The van der Waals surface area contributed by atoms with Crippen LogP contribution in [0.3, 0.4) is 0 Å². The summed E-state index contributed by atoms with van der Waals surface area (Å²) in [5.41, 5.74) is 0. The van der Waals surface area contributed by atoms with E-state index in [1.807, 2.05) is 0 Å². The molecule has 0 saturated heterocycles. The zero-order chi connectivity index (χ0) is 28.7. The van der Waals surface area contributed by atoms with Crippen LogP contribution in [0.15, 0.2) is 0 Å². The van der Waals surface area contributed by atoms with Gasteiger partial charge < -0.3 is 113 Å². The molecule has 38 heavy (non-hydrogen) atoms. The molecule has 1 fully saturated rings. The first-order chi connectivity index (χ1) is 15.6. The van der Waals surface area contributed by atoms with Gasteiger partial charge in [0, 0.05) is 42.1 Å². The molecule has 0 aromatic carbocycles. The minimum absolute atomic E-state index is 0. The Balaban J connectivity index is 0. The van der Waals surface area contributed by atoms with Crippen molar-refractivity contribution in [3.8, 4) is 0 Å². The molecule has 0 unspecified atom stereocenters. The summed E-state index contributed by atoms with van der Waals surface area (Å²) in [6.45, 7) is 0. The van der Waals surface area contributed by atoms with Crippen molar-refractivity contribution in [1.82, 2.24) is 0 Å². The van der Waals surface area contributed by atoms with Crippen molar-refractivity contribution in [2.24, 2.45) is 0 Å². The molecule has 1 aliphatic rings. The van der Waals surface area contributed by atoms with E-state index >= 15 is 0 Å². The van der Waals surface area contributed by atoms with Gasteiger partial charge in [0.15, 0.2) is 0 Å². The van der Waals surface area contributed by atoms with Crippen LogP contribution in [0.5, 0.6) is 0 Å². The van der Waals surface area contributed by atoms with E-state index in [9.17, 15) is 86.1 Å². The van der Waals surface area contributed by atoms with Crippen molar-refractivity contribution in [2.45, 2.75) is 36.6 Å². The van der Waals surface area contributed by atoms with Gasteiger partial charge in [-0.2, -0.15) is 0 Å². The Hall–Kier alpha value is 2.04. The van der Waals surface area contributed by atoms with Crippen molar-refractivity contribution in [3.63, 3.8) is 0 Å². The molecular weight excluding hydrogens is 1010 g/mol. The summed E-state index contributed by atoms with van der Waals surface area (Å²) in [7, 11) is -40.1. The van der Waals surface area contributed by atoms with E-state index in [2.05, 4.69) is 27.1 Å². The molecule has 0 aliphatic heterocycles. The van der Waals surface area contributed by atoms with Crippen LogP contribution >= 0.6 is 46.9 Å². The van der Waals surface area contributed by atoms with Crippen LogP contribution < -0.4 is 58.7 Å². The molecule has 0 radical (unpaired) electrons. The van der Waals surface area contributed by atoms with Crippen molar-refractivity contribution in [3.05, 3.63) is 0 Å². The molecule has 0 atom stereocenters. The molecule has 0 bridgehead atoms. The normalized spacial score (nSPS) is 27.8. The van der Waals surface area contributed by atoms with E-state index in [1.165, 1.54) is 0 Å². The molecule has 1 saturated carbocycles. The second-order valence-corrected chi connectivity index (χ2v) is 12.7. The summed E-state index contributed by atoms with van der Waals surface area (Å²) in [4.78, 5) is 133. The maximum atomic E-state index is 11.1. The Labute approximate surface area is 238 Å². The van der Waals surface area contributed by atoms with Gasteiger partial charge in [0.05, 0.1) is 46.9 Å². The quantitative estimate of drug-likeness (QED) is 0.164. The Kier molecular flexibility index (Phi) is 16.3. The number of hydrogen-bond donors (Lipinski definition) is 0. The molecule has 32 heteroatoms. The number of phosphoric ester groups is 6. The maximum Gasteiger partial charge on any atom is 0.121 e. The molecule has 0 aromatic heterocycles. The van der Waals surface area contributed by atoms with Gasteiger partial charge >= 0.3 is 0 Å². The smallest absolute Gasteiger partial charge is 0.121 e. The van der Waals surface area contributed by atoms with E-state index in [4.69, 9.17) is 0 Å². The molecule has 0 spiro atoms. The first-order valence-corrected chi connectivity index (χ1v) is 16.6. The summed E-state index contributed by atoms with van der Waals surface area (Å²) in [5, 5.41) is 0. The van der Waals surface area contributed by atoms with Crippen LogP contribution in [0, 0.1) is 0 Å². The summed E-state index contributed by atoms with van der Waals surface area (Å²) in [5.74, 6) is 0. The van der Waals surface area contributed by atoms with Crippen LogP contribution in [0.1, 0.15) is 0 Å². The molecule has 0 N–H and O–H groups in total. The van der Waals surface area contributed by atoms with Crippen LogP contribution in [0.25, 0.3) is 0 Å². The Morgan fingerprint density at radius 3 is 0.421 bits per heavy atom. The third-order valence-electron chi connectivity index (χ3n) is 3.45. The average Bonchev–Trinajstić information content (AvgIpc) is 2.51. The zero-order valence-corrected chi connectivity index (χ0v) is 28.0. The minimum Gasteiger partial charge on any atom is -0.790 e. The fourth-order valence-corrected chi connectivity index (χ4v) is 5.96. The summed E-state index contributed by atoms with van der Waals surface area (Å²) >= 11 is 0. The van der Waals surface area contributed by atoms with Gasteiger partial charge in [-0.3, -0.25) is 0 Å². The van der Waals surface area contributed by atoms with Crippen molar-refractivity contribution < 1.29 is 155 Å². The Morgan fingerprint density at radius 2 is 0.368 bits per heavy atom. The molecule has 0 amide bonds. The van der Waals surface area contributed by atoms with Crippen LogP contribution in [-0.2, 0) is 96.7 Å². The number of rotatable bonds is 12. The summed E-state index contributed by atoms with van der Waals surface area (Å²) in [6, 6.07) is 0. The van der Waals surface area contributed by atoms with E-state index in [1.54, 1.807) is 0 Å². The van der Waals surface area contributed by atoms with Gasteiger partial charge in [0.25, 0.3) is 0 Å². The molecular formula is C6H6O24P6W2-12. The van der Waals surface area contributed by atoms with Crippen molar-refractivity contribution in [2.75, 3.05) is 0 Å². The second kappa shape index (κ2) is 14.7. The van der Waals surface area contributed by atoms with Gasteiger partial charge in [0.1, 0.15) is 36.6 Å². The van der Waals surface area contributed by atoms with Gasteiger partial charge in [0.2, 0.25) is 0 Å². The largest absolute Gasteiger partial charge is 0.790 e. The number of hydrogen-bond acceptors (Lipinski definition) is 24.